The molecule has 0 aromatic heterocycles. The molecular formula is C26H20Br2. The third-order valence-corrected chi connectivity index (χ3v) is 7.04. The molecule has 0 aliphatic carbocycles. The summed E-state index contributed by atoms with van der Waals surface area (Å²) in [4.78, 5) is 0.426. The molecule has 0 N–H and O–H groups in total. The van der Waals surface area contributed by atoms with Crippen LogP contribution < -0.4 is 0 Å². The second kappa shape index (κ2) is 8.89. The van der Waals surface area contributed by atoms with E-state index >= 15 is 0 Å². The molecule has 4 aromatic rings. The first-order chi connectivity index (χ1) is 13.7. The Balaban J connectivity index is 1.52. The number of hydrogen-bond donors (Lipinski definition) is 0. The van der Waals surface area contributed by atoms with Crippen LogP contribution in [-0.4, -0.2) is 0 Å². The molecule has 2 heteroatoms. The van der Waals surface area contributed by atoms with Gasteiger partial charge in [0.2, 0.25) is 0 Å². The van der Waals surface area contributed by atoms with Gasteiger partial charge in [-0.05, 0) is 33.4 Å². The molecule has 0 aliphatic heterocycles. The molecule has 0 saturated carbocycles. The molecule has 0 saturated heterocycles. The van der Waals surface area contributed by atoms with Crippen LogP contribution in [0.4, 0.5) is 0 Å². The summed E-state index contributed by atoms with van der Waals surface area (Å²) in [6.07, 6.45) is 0. The first kappa shape index (κ1) is 19.2. The quantitative estimate of drug-likeness (QED) is 0.246. The van der Waals surface area contributed by atoms with Crippen LogP contribution in [0.2, 0.25) is 0 Å². The summed E-state index contributed by atoms with van der Waals surface area (Å²) in [5.41, 5.74) is 7.52. The van der Waals surface area contributed by atoms with Crippen molar-refractivity contribution in [1.29, 1.82) is 0 Å². The minimum atomic E-state index is 0.213. The SMILES string of the molecule is BrC(c1ccccc1)c1ccc(-c2ccc(C(Br)c3ccccc3)cc2)cc1. The fourth-order valence-electron chi connectivity index (χ4n) is 3.32. The van der Waals surface area contributed by atoms with Crippen LogP contribution in [0.25, 0.3) is 11.1 Å². The van der Waals surface area contributed by atoms with Gasteiger partial charge >= 0.3 is 0 Å². The average Bonchev–Trinajstić information content (AvgIpc) is 2.79. The van der Waals surface area contributed by atoms with Gasteiger partial charge < -0.3 is 0 Å². The van der Waals surface area contributed by atoms with Gasteiger partial charge in [0.25, 0.3) is 0 Å². The Bertz CT molecular complexity index is 920. The Kier molecular flexibility index (Phi) is 6.09. The van der Waals surface area contributed by atoms with E-state index in [9.17, 15) is 0 Å². The number of halogens is 2. The third kappa shape index (κ3) is 4.29. The third-order valence-electron chi connectivity index (χ3n) is 4.92. The second-order valence-corrected chi connectivity index (χ2v) is 8.62. The second-order valence-electron chi connectivity index (χ2n) is 6.79. The lowest BCUT2D eigenvalue weighted by Gasteiger charge is -2.13. The van der Waals surface area contributed by atoms with E-state index in [0.29, 0.717) is 0 Å². The van der Waals surface area contributed by atoms with Crippen LogP contribution in [-0.2, 0) is 0 Å². The fourth-order valence-corrected chi connectivity index (χ4v) is 4.54. The predicted octanol–water partition coefficient (Wildman–Crippen LogP) is 8.32. The van der Waals surface area contributed by atoms with E-state index in [4.69, 9.17) is 0 Å². The monoisotopic (exact) mass is 490 g/mol. The lowest BCUT2D eigenvalue weighted by molar-refractivity contribution is 1.17. The molecule has 0 nitrogen and oxygen atoms in total. The molecule has 0 aliphatic rings. The normalized spacial score (nSPS) is 13.1. The van der Waals surface area contributed by atoms with Crippen LogP contribution >= 0.6 is 31.9 Å². The van der Waals surface area contributed by atoms with Crippen molar-refractivity contribution in [3.05, 3.63) is 131 Å². The number of rotatable bonds is 5. The standard InChI is InChI=1S/C26H20Br2/c27-25(21-7-3-1-4-8-21)23-15-11-19(12-16-23)20-13-17-24(18-14-20)26(28)22-9-5-2-6-10-22/h1-18,25-26H. The summed E-state index contributed by atoms with van der Waals surface area (Å²) >= 11 is 7.63. The average molecular weight is 492 g/mol. The van der Waals surface area contributed by atoms with Crippen LogP contribution in [0.15, 0.2) is 109 Å². The molecule has 2 unspecified atom stereocenters. The van der Waals surface area contributed by atoms with Crippen molar-refractivity contribution in [2.45, 2.75) is 9.65 Å². The number of alkyl halides is 2. The summed E-state index contributed by atoms with van der Waals surface area (Å²) in [6, 6.07) is 38.6. The first-order valence-corrected chi connectivity index (χ1v) is 11.1. The maximum Gasteiger partial charge on any atom is 0.0644 e. The van der Waals surface area contributed by atoms with Crippen molar-refractivity contribution in [2.24, 2.45) is 0 Å². The molecule has 28 heavy (non-hydrogen) atoms. The Morgan fingerprint density at radius 1 is 0.357 bits per heavy atom. The smallest absolute Gasteiger partial charge is 0.0644 e. The minimum absolute atomic E-state index is 0.213. The Labute approximate surface area is 183 Å². The highest BCUT2D eigenvalue weighted by molar-refractivity contribution is 9.09. The molecule has 0 bridgehead atoms. The van der Waals surface area contributed by atoms with E-state index in [1.807, 2.05) is 12.1 Å². The molecule has 0 spiro atoms. The van der Waals surface area contributed by atoms with E-state index in [1.165, 1.54) is 33.4 Å². The van der Waals surface area contributed by atoms with Crippen molar-refractivity contribution in [3.63, 3.8) is 0 Å². The summed E-state index contributed by atoms with van der Waals surface area (Å²) < 4.78 is 0. The van der Waals surface area contributed by atoms with Crippen LogP contribution in [0, 0.1) is 0 Å². The van der Waals surface area contributed by atoms with Gasteiger partial charge in [0.1, 0.15) is 0 Å². The van der Waals surface area contributed by atoms with Crippen molar-refractivity contribution in [2.75, 3.05) is 0 Å². The van der Waals surface area contributed by atoms with Crippen molar-refractivity contribution >= 4 is 31.9 Å². The fraction of sp³-hybridized carbons (Fsp3) is 0.0769. The highest BCUT2D eigenvalue weighted by Crippen LogP contribution is 2.34. The van der Waals surface area contributed by atoms with Gasteiger partial charge in [0.15, 0.2) is 0 Å². The number of benzene rings is 4. The van der Waals surface area contributed by atoms with Crippen LogP contribution in [0.1, 0.15) is 31.9 Å². The molecule has 2 atom stereocenters. The van der Waals surface area contributed by atoms with Crippen LogP contribution in [0.3, 0.4) is 0 Å². The number of hydrogen-bond acceptors (Lipinski definition) is 0. The molecule has 4 aromatic carbocycles. The van der Waals surface area contributed by atoms with Gasteiger partial charge in [-0.1, -0.05) is 141 Å². The van der Waals surface area contributed by atoms with Gasteiger partial charge in [0.05, 0.1) is 9.65 Å². The zero-order chi connectivity index (χ0) is 19.3. The zero-order valence-corrected chi connectivity index (χ0v) is 18.5. The highest BCUT2D eigenvalue weighted by Gasteiger charge is 2.11. The summed E-state index contributed by atoms with van der Waals surface area (Å²) in [6.45, 7) is 0. The first-order valence-electron chi connectivity index (χ1n) is 9.31. The van der Waals surface area contributed by atoms with E-state index in [0.717, 1.165) is 0 Å². The van der Waals surface area contributed by atoms with E-state index < -0.39 is 0 Å². The predicted molar refractivity (Wildman–Crippen MR) is 126 cm³/mol. The summed E-state index contributed by atoms with van der Waals surface area (Å²) in [5.74, 6) is 0. The lowest BCUT2D eigenvalue weighted by atomic mass is 9.98. The molecule has 0 fully saturated rings. The highest BCUT2D eigenvalue weighted by atomic mass is 79.9. The zero-order valence-electron chi connectivity index (χ0n) is 15.3. The van der Waals surface area contributed by atoms with Gasteiger partial charge in [-0.25, -0.2) is 0 Å². The largest absolute Gasteiger partial charge is 0.0786 e. The van der Waals surface area contributed by atoms with Crippen molar-refractivity contribution in [1.82, 2.24) is 0 Å². The van der Waals surface area contributed by atoms with Gasteiger partial charge in [-0.15, -0.1) is 0 Å². The minimum Gasteiger partial charge on any atom is -0.0786 e. The van der Waals surface area contributed by atoms with E-state index in [-0.39, 0.29) is 9.65 Å². The molecule has 0 radical (unpaired) electrons. The van der Waals surface area contributed by atoms with E-state index in [2.05, 4.69) is 129 Å². The molecule has 4 rings (SSSR count). The Morgan fingerprint density at radius 3 is 0.964 bits per heavy atom. The Morgan fingerprint density at radius 2 is 0.643 bits per heavy atom. The molecular weight excluding hydrogens is 472 g/mol. The van der Waals surface area contributed by atoms with Gasteiger partial charge in [0, 0.05) is 0 Å². The Hall–Kier alpha value is -2.16. The maximum absolute atomic E-state index is 3.82. The van der Waals surface area contributed by atoms with E-state index in [1.54, 1.807) is 0 Å². The molecule has 138 valence electrons. The van der Waals surface area contributed by atoms with Crippen LogP contribution in [0.5, 0.6) is 0 Å². The summed E-state index contributed by atoms with van der Waals surface area (Å²) in [5, 5.41) is 0. The molecule has 0 amide bonds. The molecule has 0 heterocycles. The maximum atomic E-state index is 3.82. The topological polar surface area (TPSA) is 0 Å². The van der Waals surface area contributed by atoms with Gasteiger partial charge in [-0.2, -0.15) is 0 Å². The van der Waals surface area contributed by atoms with Crippen molar-refractivity contribution in [3.8, 4) is 11.1 Å². The van der Waals surface area contributed by atoms with Gasteiger partial charge in [-0.3, -0.25) is 0 Å². The summed E-state index contributed by atoms with van der Waals surface area (Å²) in [7, 11) is 0. The van der Waals surface area contributed by atoms with Crippen molar-refractivity contribution < 1.29 is 0 Å². The lowest BCUT2D eigenvalue weighted by Crippen LogP contribution is -1.93.